The first kappa shape index (κ1) is 18.1. The highest BCUT2D eigenvalue weighted by molar-refractivity contribution is 6.53. The van der Waals surface area contributed by atoms with Gasteiger partial charge < -0.3 is 24.6 Å². The highest BCUT2D eigenvalue weighted by atomic mass is 16.5. The van der Waals surface area contributed by atoms with Crippen LogP contribution >= 0.6 is 0 Å². The number of piperazine rings is 1. The molecule has 0 aliphatic carbocycles. The molecule has 0 aromatic rings. The van der Waals surface area contributed by atoms with Crippen molar-refractivity contribution in [1.82, 2.24) is 15.1 Å². The summed E-state index contributed by atoms with van der Waals surface area (Å²) in [7, 11) is 0. The van der Waals surface area contributed by atoms with E-state index in [9.17, 15) is 19.2 Å². The number of Topliss-reactive ketones (excluding diaryl/α,β-unsaturated/α-hetero) is 2. The van der Waals surface area contributed by atoms with Gasteiger partial charge >= 0.3 is 0 Å². The Morgan fingerprint density at radius 1 is 1.22 bits per heavy atom. The lowest BCUT2D eigenvalue weighted by Crippen LogP contribution is -2.69. The van der Waals surface area contributed by atoms with Crippen molar-refractivity contribution in [3.8, 4) is 0 Å². The van der Waals surface area contributed by atoms with Gasteiger partial charge in [-0.05, 0) is 26.2 Å². The minimum atomic E-state index is -1.20. The van der Waals surface area contributed by atoms with Crippen molar-refractivity contribution in [2.45, 2.75) is 50.6 Å². The molecule has 2 amide bonds. The molecule has 0 bridgehead atoms. The quantitative estimate of drug-likeness (QED) is 0.381. The monoisotopic (exact) mass is 377 g/mol. The molecule has 4 atom stereocenters. The van der Waals surface area contributed by atoms with Crippen LogP contribution in [0.1, 0.15) is 26.2 Å². The summed E-state index contributed by atoms with van der Waals surface area (Å²) in [5, 5.41) is 2.66. The summed E-state index contributed by atoms with van der Waals surface area (Å²) >= 11 is 0. The van der Waals surface area contributed by atoms with Gasteiger partial charge in [-0.25, -0.2) is 0 Å². The number of ketones is 2. The summed E-state index contributed by atoms with van der Waals surface area (Å²) in [5.41, 5.74) is -0.237. The van der Waals surface area contributed by atoms with Crippen molar-refractivity contribution in [2.75, 3.05) is 26.3 Å². The molecule has 0 saturated carbocycles. The van der Waals surface area contributed by atoms with Gasteiger partial charge in [-0.15, -0.1) is 0 Å². The molecule has 4 heterocycles. The van der Waals surface area contributed by atoms with Crippen LogP contribution < -0.4 is 5.32 Å². The van der Waals surface area contributed by atoms with Crippen LogP contribution in [0.25, 0.3) is 0 Å². The van der Waals surface area contributed by atoms with E-state index < -0.39 is 35.7 Å². The second-order valence-corrected chi connectivity index (χ2v) is 7.39. The standard InChI is InChI=1S/C18H23N3O6/c1-10-4-6-27-13-9-20-8-12(17(24)19-7-11-3-2-5-26-11)15(22)16(23)14(20)18(25)21(10)13/h8,10-11,13-14H,2-7,9H2,1H3,(H,19,24)/t10-,11+,13+,14?/m1/s1. The van der Waals surface area contributed by atoms with Crippen LogP contribution in [0.2, 0.25) is 0 Å². The molecule has 9 heteroatoms. The summed E-state index contributed by atoms with van der Waals surface area (Å²) < 4.78 is 11.1. The lowest BCUT2D eigenvalue weighted by molar-refractivity contribution is -0.185. The Morgan fingerprint density at radius 2 is 2.04 bits per heavy atom. The first-order chi connectivity index (χ1) is 13.0. The van der Waals surface area contributed by atoms with Gasteiger partial charge in [0.1, 0.15) is 11.8 Å². The number of hydrogen-bond acceptors (Lipinski definition) is 7. The minimum absolute atomic E-state index is 0.0543. The molecule has 0 aromatic carbocycles. The molecule has 146 valence electrons. The molecule has 3 fully saturated rings. The number of fused-ring (bicyclic) bond motifs is 2. The second-order valence-electron chi connectivity index (χ2n) is 7.39. The van der Waals surface area contributed by atoms with Crippen molar-refractivity contribution in [3.05, 3.63) is 11.8 Å². The molecule has 4 aliphatic heterocycles. The van der Waals surface area contributed by atoms with Gasteiger partial charge in [-0.1, -0.05) is 0 Å². The zero-order chi connectivity index (χ0) is 19.1. The Morgan fingerprint density at radius 3 is 2.78 bits per heavy atom. The Labute approximate surface area is 156 Å². The number of nitrogens with zero attached hydrogens (tertiary/aromatic N) is 2. The van der Waals surface area contributed by atoms with Crippen molar-refractivity contribution in [1.29, 1.82) is 0 Å². The van der Waals surface area contributed by atoms with E-state index in [2.05, 4.69) is 5.32 Å². The third-order valence-corrected chi connectivity index (χ3v) is 5.59. The zero-order valence-electron chi connectivity index (χ0n) is 15.2. The third-order valence-electron chi connectivity index (χ3n) is 5.59. The van der Waals surface area contributed by atoms with E-state index >= 15 is 0 Å². The largest absolute Gasteiger partial charge is 0.376 e. The number of hydrogen-bond donors (Lipinski definition) is 1. The molecule has 1 N–H and O–H groups in total. The fourth-order valence-electron chi connectivity index (χ4n) is 4.09. The number of carbonyl (C=O) groups excluding carboxylic acids is 4. The molecule has 4 aliphatic rings. The molecule has 0 aromatic heterocycles. The number of nitrogens with one attached hydrogen (secondary N) is 1. The maximum atomic E-state index is 12.8. The summed E-state index contributed by atoms with van der Waals surface area (Å²) in [5.74, 6) is -2.83. The SMILES string of the molecule is C[C@@H]1CCO[C@H]2CN3C=C(C(=O)NC[C@@H]4CCCO4)C(=O)C(=O)C3C(=O)N12. The summed E-state index contributed by atoms with van der Waals surface area (Å²) in [6.45, 7) is 3.63. The van der Waals surface area contributed by atoms with E-state index in [-0.39, 0.29) is 30.8 Å². The van der Waals surface area contributed by atoms with Gasteiger partial charge in [0.15, 0.2) is 6.04 Å². The molecule has 27 heavy (non-hydrogen) atoms. The van der Waals surface area contributed by atoms with Crippen LogP contribution in [-0.2, 0) is 28.7 Å². The number of ether oxygens (including phenoxy) is 2. The molecule has 3 saturated heterocycles. The van der Waals surface area contributed by atoms with E-state index in [1.807, 2.05) is 6.92 Å². The lowest BCUT2D eigenvalue weighted by atomic mass is 9.92. The Hall–Kier alpha value is -2.26. The van der Waals surface area contributed by atoms with Gasteiger partial charge in [-0.3, -0.25) is 19.2 Å². The summed E-state index contributed by atoms with van der Waals surface area (Å²) in [6.07, 6.45) is 3.25. The smallest absolute Gasteiger partial charge is 0.256 e. The normalized spacial score (nSPS) is 33.5. The minimum Gasteiger partial charge on any atom is -0.376 e. The van der Waals surface area contributed by atoms with Crippen molar-refractivity contribution >= 4 is 23.4 Å². The fourth-order valence-corrected chi connectivity index (χ4v) is 4.09. The van der Waals surface area contributed by atoms with Crippen LogP contribution in [0.3, 0.4) is 0 Å². The predicted octanol–water partition coefficient (Wildman–Crippen LogP) is -1.03. The fraction of sp³-hybridized carbons (Fsp3) is 0.667. The Kier molecular flexibility index (Phi) is 4.73. The van der Waals surface area contributed by atoms with Gasteiger partial charge in [0.2, 0.25) is 11.6 Å². The second kappa shape index (κ2) is 7.05. The van der Waals surface area contributed by atoms with Crippen LogP contribution in [0.5, 0.6) is 0 Å². The first-order valence-corrected chi connectivity index (χ1v) is 9.37. The van der Waals surface area contributed by atoms with Crippen molar-refractivity contribution < 1.29 is 28.7 Å². The van der Waals surface area contributed by atoms with E-state index in [0.717, 1.165) is 12.8 Å². The van der Waals surface area contributed by atoms with E-state index in [1.54, 1.807) is 4.90 Å². The van der Waals surface area contributed by atoms with Crippen LogP contribution in [0.15, 0.2) is 11.8 Å². The Bertz CT molecular complexity index is 714. The first-order valence-electron chi connectivity index (χ1n) is 9.37. The van der Waals surface area contributed by atoms with Crippen molar-refractivity contribution in [2.24, 2.45) is 0 Å². The van der Waals surface area contributed by atoms with E-state index in [0.29, 0.717) is 19.6 Å². The maximum absolute atomic E-state index is 12.8. The lowest BCUT2D eigenvalue weighted by Gasteiger charge is -2.49. The average Bonchev–Trinajstić information content (AvgIpc) is 3.16. The number of carbonyl (C=O) groups is 4. The van der Waals surface area contributed by atoms with Gasteiger partial charge in [0, 0.05) is 25.4 Å². The highest BCUT2D eigenvalue weighted by Gasteiger charge is 2.51. The average molecular weight is 377 g/mol. The topological polar surface area (TPSA) is 105 Å². The summed E-state index contributed by atoms with van der Waals surface area (Å²) in [4.78, 5) is 53.3. The van der Waals surface area contributed by atoms with E-state index in [1.165, 1.54) is 11.1 Å². The maximum Gasteiger partial charge on any atom is 0.256 e. The molecular formula is C18H23N3O6. The predicted molar refractivity (Wildman–Crippen MR) is 91.2 cm³/mol. The molecular weight excluding hydrogens is 354 g/mol. The zero-order valence-corrected chi connectivity index (χ0v) is 15.2. The van der Waals surface area contributed by atoms with Crippen LogP contribution in [0, 0.1) is 0 Å². The molecule has 1 unspecified atom stereocenters. The van der Waals surface area contributed by atoms with Gasteiger partial charge in [0.05, 0.1) is 19.3 Å². The number of rotatable bonds is 3. The molecule has 9 nitrogen and oxygen atoms in total. The number of amides is 2. The van der Waals surface area contributed by atoms with Crippen LogP contribution in [0.4, 0.5) is 0 Å². The third kappa shape index (κ3) is 3.14. The van der Waals surface area contributed by atoms with Crippen molar-refractivity contribution in [3.63, 3.8) is 0 Å². The van der Waals surface area contributed by atoms with E-state index in [4.69, 9.17) is 9.47 Å². The Balaban J connectivity index is 1.53. The molecule has 4 rings (SSSR count). The summed E-state index contributed by atoms with van der Waals surface area (Å²) in [6, 6.07) is -1.26. The van der Waals surface area contributed by atoms with Gasteiger partial charge in [-0.2, -0.15) is 0 Å². The highest BCUT2D eigenvalue weighted by Crippen LogP contribution is 2.29. The molecule has 0 radical (unpaired) electrons. The van der Waals surface area contributed by atoms with Gasteiger partial charge in [0.25, 0.3) is 11.8 Å². The molecule has 0 spiro atoms. The van der Waals surface area contributed by atoms with Crippen LogP contribution in [-0.4, -0.2) is 83.9 Å².